The van der Waals surface area contributed by atoms with E-state index in [0.29, 0.717) is 5.92 Å². The Labute approximate surface area is 140 Å². The zero-order valence-corrected chi connectivity index (χ0v) is 14.2. The first kappa shape index (κ1) is 16.9. The van der Waals surface area contributed by atoms with Crippen LogP contribution in [-0.4, -0.2) is 73.4 Å². The maximum Gasteiger partial charge on any atom is 0.0696 e. The molecule has 23 heavy (non-hydrogen) atoms. The Morgan fingerprint density at radius 1 is 1.00 bits per heavy atom. The summed E-state index contributed by atoms with van der Waals surface area (Å²) in [5.41, 5.74) is 1.43. The summed E-state index contributed by atoms with van der Waals surface area (Å²) >= 11 is 0. The monoisotopic (exact) mass is 317 g/mol. The van der Waals surface area contributed by atoms with Crippen molar-refractivity contribution < 1.29 is 5.11 Å². The number of nitrogens with one attached hydrogen (secondary N) is 1. The third-order valence-electron chi connectivity index (χ3n) is 5.40. The molecule has 1 aromatic carbocycles. The molecule has 4 heteroatoms. The van der Waals surface area contributed by atoms with E-state index in [1.807, 2.05) is 0 Å². The summed E-state index contributed by atoms with van der Waals surface area (Å²) in [4.78, 5) is 5.01. The van der Waals surface area contributed by atoms with E-state index in [0.717, 1.165) is 71.6 Å². The van der Waals surface area contributed by atoms with E-state index < -0.39 is 0 Å². The highest BCUT2D eigenvalue weighted by Gasteiger charge is 2.25. The molecule has 0 saturated carbocycles. The van der Waals surface area contributed by atoms with Crippen molar-refractivity contribution in [2.45, 2.75) is 25.4 Å². The van der Waals surface area contributed by atoms with Gasteiger partial charge in [-0.25, -0.2) is 0 Å². The summed E-state index contributed by atoms with van der Waals surface area (Å²) in [6, 6.07) is 10.7. The topological polar surface area (TPSA) is 38.7 Å². The summed E-state index contributed by atoms with van der Waals surface area (Å²) in [7, 11) is 0. The fraction of sp³-hybridized carbons (Fsp3) is 0.684. The predicted octanol–water partition coefficient (Wildman–Crippen LogP) is 1.21. The third kappa shape index (κ3) is 5.28. The lowest BCUT2D eigenvalue weighted by atomic mass is 9.92. The number of hydrogen-bond donors (Lipinski definition) is 2. The van der Waals surface area contributed by atoms with Crippen LogP contribution in [0.2, 0.25) is 0 Å². The summed E-state index contributed by atoms with van der Waals surface area (Å²) in [6.07, 6.45) is 3.24. The van der Waals surface area contributed by atoms with Crippen molar-refractivity contribution in [3.8, 4) is 0 Å². The van der Waals surface area contributed by atoms with E-state index in [-0.39, 0.29) is 6.10 Å². The summed E-state index contributed by atoms with van der Waals surface area (Å²) < 4.78 is 0. The second-order valence-electron chi connectivity index (χ2n) is 7.03. The zero-order valence-electron chi connectivity index (χ0n) is 14.2. The van der Waals surface area contributed by atoms with Crippen LogP contribution in [0, 0.1) is 5.92 Å². The van der Waals surface area contributed by atoms with Crippen LogP contribution < -0.4 is 5.32 Å². The number of aliphatic hydroxyl groups is 1. The van der Waals surface area contributed by atoms with Gasteiger partial charge in [0.05, 0.1) is 6.10 Å². The van der Waals surface area contributed by atoms with Crippen LogP contribution in [0.1, 0.15) is 18.4 Å². The van der Waals surface area contributed by atoms with Gasteiger partial charge in [0.1, 0.15) is 0 Å². The third-order valence-corrected chi connectivity index (χ3v) is 5.40. The van der Waals surface area contributed by atoms with Crippen molar-refractivity contribution in [3.63, 3.8) is 0 Å². The van der Waals surface area contributed by atoms with Gasteiger partial charge >= 0.3 is 0 Å². The maximum absolute atomic E-state index is 10.5. The molecule has 2 N–H and O–H groups in total. The van der Waals surface area contributed by atoms with Crippen LogP contribution in [0.25, 0.3) is 0 Å². The second kappa shape index (κ2) is 8.78. The highest BCUT2D eigenvalue weighted by Crippen LogP contribution is 2.18. The Kier molecular flexibility index (Phi) is 6.46. The van der Waals surface area contributed by atoms with Gasteiger partial charge in [0.2, 0.25) is 0 Å². The SMILES string of the molecule is OC(CN1CCN(CCc2ccccc2)CC1)C1CCNCC1. The van der Waals surface area contributed by atoms with Crippen molar-refractivity contribution in [2.75, 3.05) is 52.4 Å². The lowest BCUT2D eigenvalue weighted by molar-refractivity contribution is 0.0318. The minimum absolute atomic E-state index is 0.145. The molecule has 2 fully saturated rings. The predicted molar refractivity (Wildman–Crippen MR) is 94.6 cm³/mol. The lowest BCUT2D eigenvalue weighted by Gasteiger charge is -2.37. The molecule has 1 unspecified atom stereocenters. The molecule has 2 aliphatic heterocycles. The number of aliphatic hydroxyl groups excluding tert-OH is 1. The van der Waals surface area contributed by atoms with E-state index in [9.17, 15) is 5.11 Å². The average Bonchev–Trinajstić information content (AvgIpc) is 2.63. The van der Waals surface area contributed by atoms with Crippen molar-refractivity contribution in [1.82, 2.24) is 15.1 Å². The molecule has 2 saturated heterocycles. The van der Waals surface area contributed by atoms with Gasteiger partial charge in [0.15, 0.2) is 0 Å². The van der Waals surface area contributed by atoms with Crippen molar-refractivity contribution in [1.29, 1.82) is 0 Å². The van der Waals surface area contributed by atoms with Gasteiger partial charge in [0, 0.05) is 39.3 Å². The van der Waals surface area contributed by atoms with Gasteiger partial charge in [-0.3, -0.25) is 4.90 Å². The van der Waals surface area contributed by atoms with Crippen LogP contribution in [0.3, 0.4) is 0 Å². The molecular weight excluding hydrogens is 286 g/mol. The summed E-state index contributed by atoms with van der Waals surface area (Å²) in [5, 5.41) is 13.8. The molecule has 0 bridgehead atoms. The van der Waals surface area contributed by atoms with Crippen LogP contribution in [0.5, 0.6) is 0 Å². The molecule has 2 heterocycles. The molecule has 0 spiro atoms. The largest absolute Gasteiger partial charge is 0.392 e. The first-order valence-corrected chi connectivity index (χ1v) is 9.18. The minimum atomic E-state index is -0.145. The molecule has 0 amide bonds. The van der Waals surface area contributed by atoms with Gasteiger partial charge in [-0.05, 0) is 43.8 Å². The summed E-state index contributed by atoms with van der Waals surface area (Å²) in [5.74, 6) is 0.493. The van der Waals surface area contributed by atoms with Gasteiger partial charge in [-0.2, -0.15) is 0 Å². The Hall–Kier alpha value is -0.940. The number of β-amino-alcohol motifs (C(OH)–C–C–N with tert-alkyl or cyclic N) is 1. The number of hydrogen-bond acceptors (Lipinski definition) is 4. The van der Waals surface area contributed by atoms with Crippen LogP contribution in [-0.2, 0) is 6.42 Å². The highest BCUT2D eigenvalue weighted by atomic mass is 16.3. The quantitative estimate of drug-likeness (QED) is 0.827. The van der Waals surface area contributed by atoms with E-state index >= 15 is 0 Å². The fourth-order valence-electron chi connectivity index (χ4n) is 3.77. The Morgan fingerprint density at radius 3 is 2.35 bits per heavy atom. The number of piperidine rings is 1. The van der Waals surface area contributed by atoms with Gasteiger partial charge in [0.25, 0.3) is 0 Å². The van der Waals surface area contributed by atoms with Crippen LogP contribution in [0.4, 0.5) is 0 Å². The first-order valence-electron chi connectivity index (χ1n) is 9.18. The van der Waals surface area contributed by atoms with Crippen molar-refractivity contribution in [3.05, 3.63) is 35.9 Å². The molecule has 0 aliphatic carbocycles. The normalized spacial score (nSPS) is 23.0. The average molecular weight is 317 g/mol. The van der Waals surface area contributed by atoms with Crippen LogP contribution >= 0.6 is 0 Å². The molecule has 4 nitrogen and oxygen atoms in total. The molecule has 2 aliphatic rings. The van der Waals surface area contributed by atoms with E-state index in [2.05, 4.69) is 45.4 Å². The van der Waals surface area contributed by atoms with Gasteiger partial charge in [-0.1, -0.05) is 30.3 Å². The second-order valence-corrected chi connectivity index (χ2v) is 7.03. The standard InChI is InChI=1S/C19H31N3O/c23-19(18-6-9-20-10-7-18)16-22-14-12-21(13-15-22)11-8-17-4-2-1-3-5-17/h1-5,18-20,23H,6-16H2. The number of piperazine rings is 1. The van der Waals surface area contributed by atoms with Gasteiger partial charge < -0.3 is 15.3 Å². The van der Waals surface area contributed by atoms with Gasteiger partial charge in [-0.15, -0.1) is 0 Å². The molecule has 0 radical (unpaired) electrons. The first-order chi connectivity index (χ1) is 11.3. The van der Waals surface area contributed by atoms with Crippen molar-refractivity contribution >= 4 is 0 Å². The maximum atomic E-state index is 10.5. The number of benzene rings is 1. The Bertz CT molecular complexity index is 439. The fourth-order valence-corrected chi connectivity index (χ4v) is 3.77. The number of rotatable bonds is 6. The van der Waals surface area contributed by atoms with E-state index in [4.69, 9.17) is 0 Å². The molecule has 1 atom stereocenters. The smallest absolute Gasteiger partial charge is 0.0696 e. The molecule has 1 aromatic rings. The zero-order chi connectivity index (χ0) is 15.9. The Balaban J connectivity index is 1.35. The van der Waals surface area contributed by atoms with Crippen molar-refractivity contribution in [2.24, 2.45) is 5.92 Å². The lowest BCUT2D eigenvalue weighted by Crippen LogP contribution is -2.50. The van der Waals surface area contributed by atoms with E-state index in [1.165, 1.54) is 5.56 Å². The highest BCUT2D eigenvalue weighted by molar-refractivity contribution is 5.14. The molecule has 3 rings (SSSR count). The molecule has 128 valence electrons. The van der Waals surface area contributed by atoms with Crippen LogP contribution in [0.15, 0.2) is 30.3 Å². The van der Waals surface area contributed by atoms with E-state index in [1.54, 1.807) is 0 Å². The number of nitrogens with zero attached hydrogens (tertiary/aromatic N) is 2. The molecule has 0 aromatic heterocycles. The summed E-state index contributed by atoms with van der Waals surface area (Å²) in [6.45, 7) is 8.58. The molecular formula is C19H31N3O. The Morgan fingerprint density at radius 2 is 1.65 bits per heavy atom. The minimum Gasteiger partial charge on any atom is -0.392 e.